The summed E-state index contributed by atoms with van der Waals surface area (Å²) in [4.78, 5) is 12.3. The lowest BCUT2D eigenvalue weighted by Crippen LogP contribution is -2.29. The Morgan fingerprint density at radius 2 is 1.85 bits per heavy atom. The van der Waals surface area contributed by atoms with E-state index in [4.69, 9.17) is 21.1 Å². The SMILES string of the molecule is COc1cc(C=CC(=O)Nc2cccc(Cl)c2)cc(S(=O)(=O)N2CCc3ccccc32)c1OC. The van der Waals surface area contributed by atoms with Crippen LogP contribution >= 0.6 is 11.6 Å². The summed E-state index contributed by atoms with van der Waals surface area (Å²) < 4.78 is 39.6. The second-order valence-corrected chi connectivity index (χ2v) is 9.81. The van der Waals surface area contributed by atoms with Gasteiger partial charge in [-0.25, -0.2) is 8.42 Å². The number of benzene rings is 3. The molecule has 176 valence electrons. The quantitative estimate of drug-likeness (QED) is 0.475. The number of ether oxygens (including phenoxy) is 2. The van der Waals surface area contributed by atoms with E-state index in [1.165, 1.54) is 36.7 Å². The topological polar surface area (TPSA) is 84.9 Å². The lowest BCUT2D eigenvalue weighted by molar-refractivity contribution is -0.111. The Morgan fingerprint density at radius 3 is 2.59 bits per heavy atom. The molecule has 0 radical (unpaired) electrons. The van der Waals surface area contributed by atoms with Gasteiger partial charge in [-0.1, -0.05) is 35.9 Å². The first kappa shape index (κ1) is 23.7. The van der Waals surface area contributed by atoms with Crippen LogP contribution in [0, 0.1) is 0 Å². The van der Waals surface area contributed by atoms with E-state index in [0.717, 1.165) is 5.56 Å². The van der Waals surface area contributed by atoms with Crippen LogP contribution in [-0.4, -0.2) is 35.1 Å². The van der Waals surface area contributed by atoms with Crippen molar-refractivity contribution in [3.63, 3.8) is 0 Å². The van der Waals surface area contributed by atoms with Crippen molar-refractivity contribution < 1.29 is 22.7 Å². The molecule has 0 aromatic heterocycles. The zero-order valence-electron chi connectivity index (χ0n) is 18.6. The van der Waals surface area contributed by atoms with Gasteiger partial charge in [0.1, 0.15) is 4.90 Å². The minimum atomic E-state index is -3.96. The lowest BCUT2D eigenvalue weighted by Gasteiger charge is -2.22. The number of methoxy groups -OCH3 is 2. The minimum absolute atomic E-state index is 0.0408. The first-order valence-corrected chi connectivity index (χ1v) is 12.3. The van der Waals surface area contributed by atoms with Gasteiger partial charge in [-0.3, -0.25) is 9.10 Å². The molecule has 3 aromatic rings. The molecule has 9 heteroatoms. The van der Waals surface area contributed by atoms with Gasteiger partial charge in [-0.2, -0.15) is 0 Å². The Hall–Kier alpha value is -3.49. The summed E-state index contributed by atoms with van der Waals surface area (Å²) in [5.74, 6) is -0.0479. The smallest absolute Gasteiger partial charge is 0.268 e. The molecule has 0 unspecified atom stereocenters. The van der Waals surface area contributed by atoms with Gasteiger partial charge >= 0.3 is 0 Å². The molecule has 0 atom stereocenters. The van der Waals surface area contributed by atoms with Crippen LogP contribution in [0.25, 0.3) is 6.08 Å². The van der Waals surface area contributed by atoms with Gasteiger partial charge in [0.2, 0.25) is 5.91 Å². The Morgan fingerprint density at radius 1 is 1.06 bits per heavy atom. The number of fused-ring (bicyclic) bond motifs is 1. The van der Waals surface area contributed by atoms with E-state index in [0.29, 0.717) is 34.9 Å². The van der Waals surface area contributed by atoms with Crippen LogP contribution in [0.1, 0.15) is 11.1 Å². The largest absolute Gasteiger partial charge is 0.493 e. The fourth-order valence-electron chi connectivity index (χ4n) is 3.84. The van der Waals surface area contributed by atoms with Crippen molar-refractivity contribution in [2.24, 2.45) is 0 Å². The predicted molar refractivity (Wildman–Crippen MR) is 133 cm³/mol. The van der Waals surface area contributed by atoms with Crippen LogP contribution in [0.5, 0.6) is 11.5 Å². The lowest BCUT2D eigenvalue weighted by atomic mass is 10.2. The molecule has 1 N–H and O–H groups in total. The van der Waals surface area contributed by atoms with Crippen LogP contribution in [0.3, 0.4) is 0 Å². The molecular weight excluding hydrogens is 476 g/mol. The third-order valence-electron chi connectivity index (χ3n) is 5.40. The van der Waals surface area contributed by atoms with E-state index in [-0.39, 0.29) is 16.4 Å². The molecule has 3 aromatic carbocycles. The average Bonchev–Trinajstić information content (AvgIpc) is 3.27. The number of amides is 1. The van der Waals surface area contributed by atoms with Gasteiger partial charge < -0.3 is 14.8 Å². The van der Waals surface area contributed by atoms with Crippen LogP contribution in [0.4, 0.5) is 11.4 Å². The normalized spacial score (nSPS) is 13.1. The molecule has 0 saturated heterocycles. The van der Waals surface area contributed by atoms with Crippen LogP contribution in [0.2, 0.25) is 5.02 Å². The fourth-order valence-corrected chi connectivity index (χ4v) is 5.74. The summed E-state index contributed by atoms with van der Waals surface area (Å²) in [6, 6.07) is 17.3. The number of nitrogens with zero attached hydrogens (tertiary/aromatic N) is 1. The highest BCUT2D eigenvalue weighted by Gasteiger charge is 2.34. The molecule has 0 bridgehead atoms. The molecule has 7 nitrogen and oxygen atoms in total. The van der Waals surface area contributed by atoms with Gasteiger partial charge in [-0.05, 0) is 60.0 Å². The summed E-state index contributed by atoms with van der Waals surface area (Å²) in [7, 11) is -1.14. The van der Waals surface area contributed by atoms with Crippen molar-refractivity contribution in [1.29, 1.82) is 0 Å². The van der Waals surface area contributed by atoms with E-state index < -0.39 is 15.9 Å². The second kappa shape index (κ2) is 9.79. The number of carbonyl (C=O) groups excluding carboxylic acids is 1. The molecule has 0 spiro atoms. The maximum absolute atomic E-state index is 13.7. The molecule has 0 aliphatic carbocycles. The number of para-hydroxylation sites is 1. The molecule has 0 fully saturated rings. The average molecular weight is 499 g/mol. The molecule has 1 amide bonds. The van der Waals surface area contributed by atoms with Crippen molar-refractivity contribution >= 4 is 45.0 Å². The maximum atomic E-state index is 13.7. The first-order chi connectivity index (χ1) is 16.3. The monoisotopic (exact) mass is 498 g/mol. The first-order valence-electron chi connectivity index (χ1n) is 10.4. The standard InChI is InChI=1S/C25H23ClN2O5S/c1-32-22-14-17(10-11-24(29)27-20-8-5-7-19(26)16-20)15-23(25(22)33-2)34(30,31)28-13-12-18-6-3-4-9-21(18)28/h3-11,14-16H,12-13H2,1-2H3,(H,27,29). The molecule has 1 aliphatic rings. The summed E-state index contributed by atoms with van der Waals surface area (Å²) in [6.07, 6.45) is 3.45. The molecule has 34 heavy (non-hydrogen) atoms. The fraction of sp³-hybridized carbons (Fsp3) is 0.160. The number of nitrogens with one attached hydrogen (secondary N) is 1. The Labute approximate surface area is 203 Å². The van der Waals surface area contributed by atoms with Crippen molar-refractivity contribution in [3.05, 3.63) is 82.9 Å². The van der Waals surface area contributed by atoms with Crippen LogP contribution < -0.4 is 19.1 Å². The van der Waals surface area contributed by atoms with Crippen molar-refractivity contribution in [3.8, 4) is 11.5 Å². The van der Waals surface area contributed by atoms with Crippen molar-refractivity contribution in [1.82, 2.24) is 0 Å². The van der Waals surface area contributed by atoms with Crippen molar-refractivity contribution in [2.75, 3.05) is 30.4 Å². The Kier molecular flexibility index (Phi) is 6.81. The zero-order valence-corrected chi connectivity index (χ0v) is 20.2. The zero-order chi connectivity index (χ0) is 24.3. The van der Waals surface area contributed by atoms with E-state index >= 15 is 0 Å². The molecule has 0 saturated carbocycles. The summed E-state index contributed by atoms with van der Waals surface area (Å²) in [5, 5.41) is 3.21. The number of rotatable bonds is 7. The van der Waals surface area contributed by atoms with Crippen LogP contribution in [0.15, 0.2) is 71.6 Å². The highest BCUT2D eigenvalue weighted by atomic mass is 35.5. The predicted octanol–water partition coefficient (Wildman–Crippen LogP) is 4.76. The van der Waals surface area contributed by atoms with Gasteiger partial charge in [0.25, 0.3) is 10.0 Å². The van der Waals surface area contributed by atoms with E-state index in [9.17, 15) is 13.2 Å². The molecule has 4 rings (SSSR count). The van der Waals surface area contributed by atoms with E-state index in [2.05, 4.69) is 5.32 Å². The molecule has 1 aliphatic heterocycles. The van der Waals surface area contributed by atoms with E-state index in [1.54, 1.807) is 36.4 Å². The van der Waals surface area contributed by atoms with Gasteiger partial charge in [0.15, 0.2) is 11.5 Å². The van der Waals surface area contributed by atoms with Gasteiger partial charge in [-0.15, -0.1) is 0 Å². The molecular formula is C25H23ClN2O5S. The highest BCUT2D eigenvalue weighted by molar-refractivity contribution is 7.93. The van der Waals surface area contributed by atoms with Crippen molar-refractivity contribution in [2.45, 2.75) is 11.3 Å². The molecule has 1 heterocycles. The summed E-state index contributed by atoms with van der Waals surface area (Å²) in [6.45, 7) is 0.329. The third kappa shape index (κ3) is 4.73. The number of carbonyl (C=O) groups is 1. The Balaban J connectivity index is 1.68. The Bertz CT molecular complexity index is 1370. The highest BCUT2D eigenvalue weighted by Crippen LogP contribution is 2.40. The van der Waals surface area contributed by atoms with Gasteiger partial charge in [0, 0.05) is 23.3 Å². The number of hydrogen-bond acceptors (Lipinski definition) is 5. The number of hydrogen-bond donors (Lipinski definition) is 1. The summed E-state index contributed by atoms with van der Waals surface area (Å²) >= 11 is 5.95. The van der Waals surface area contributed by atoms with E-state index in [1.807, 2.05) is 18.2 Å². The van der Waals surface area contributed by atoms with Crippen LogP contribution in [-0.2, 0) is 21.2 Å². The second-order valence-electron chi connectivity index (χ2n) is 7.54. The van der Waals surface area contributed by atoms with Gasteiger partial charge in [0.05, 0.1) is 19.9 Å². The maximum Gasteiger partial charge on any atom is 0.268 e. The number of sulfonamides is 1. The number of halogens is 1. The third-order valence-corrected chi connectivity index (χ3v) is 7.45. The summed E-state index contributed by atoms with van der Waals surface area (Å²) in [5.41, 5.74) is 2.62. The number of anilines is 2. The minimum Gasteiger partial charge on any atom is -0.493 e.